The number of aromatic nitrogens is 4. The smallest absolute Gasteiger partial charge is 0.353 e. The van der Waals surface area contributed by atoms with E-state index in [9.17, 15) is 22.0 Å². The number of alkyl halides is 5. The first kappa shape index (κ1) is 18.2. The molecule has 140 valence electrons. The molecular weight excluding hydrogens is 359 g/mol. The van der Waals surface area contributed by atoms with E-state index in [-0.39, 0.29) is 5.82 Å². The molecule has 2 aromatic rings. The van der Waals surface area contributed by atoms with Gasteiger partial charge in [-0.1, -0.05) is 0 Å². The molecule has 0 bridgehead atoms. The van der Waals surface area contributed by atoms with Crippen molar-refractivity contribution in [2.75, 3.05) is 36.0 Å². The molecule has 1 saturated heterocycles. The van der Waals surface area contributed by atoms with Gasteiger partial charge in [-0.2, -0.15) is 13.2 Å². The normalized spacial score (nSPS) is 15.7. The fraction of sp³-hybridized carbons (Fsp3) is 0.467. The Morgan fingerprint density at radius 2 is 1.54 bits per heavy atom. The number of aryl methyl sites for hydroxylation is 1. The Morgan fingerprint density at radius 3 is 2.12 bits per heavy atom. The molecule has 0 unspecified atom stereocenters. The summed E-state index contributed by atoms with van der Waals surface area (Å²) >= 11 is 0. The van der Waals surface area contributed by atoms with Gasteiger partial charge in [0.1, 0.15) is 23.7 Å². The summed E-state index contributed by atoms with van der Waals surface area (Å²) in [5, 5.41) is 0. The zero-order valence-electron chi connectivity index (χ0n) is 13.7. The van der Waals surface area contributed by atoms with Crippen LogP contribution in [-0.4, -0.2) is 46.1 Å². The molecular formula is C15H15F5N6. The largest absolute Gasteiger partial charge is 0.433 e. The van der Waals surface area contributed by atoms with Crippen molar-refractivity contribution in [2.45, 2.75) is 19.5 Å². The quantitative estimate of drug-likeness (QED) is 0.770. The van der Waals surface area contributed by atoms with Crippen molar-refractivity contribution in [3.05, 3.63) is 35.7 Å². The Bertz CT molecular complexity index is 773. The van der Waals surface area contributed by atoms with Gasteiger partial charge in [0.15, 0.2) is 5.82 Å². The molecule has 1 aliphatic rings. The van der Waals surface area contributed by atoms with Crippen molar-refractivity contribution in [3.8, 4) is 0 Å². The van der Waals surface area contributed by atoms with Crippen LogP contribution in [0.5, 0.6) is 0 Å². The number of nitrogens with zero attached hydrogens (tertiary/aromatic N) is 6. The number of piperazine rings is 1. The van der Waals surface area contributed by atoms with Crippen molar-refractivity contribution in [3.63, 3.8) is 0 Å². The number of rotatable bonds is 3. The highest BCUT2D eigenvalue weighted by atomic mass is 19.4. The lowest BCUT2D eigenvalue weighted by Crippen LogP contribution is -2.47. The second-order valence-corrected chi connectivity index (χ2v) is 5.76. The van der Waals surface area contributed by atoms with Crippen molar-refractivity contribution in [2.24, 2.45) is 0 Å². The lowest BCUT2D eigenvalue weighted by atomic mass is 10.2. The molecule has 0 amide bonds. The Hall–Kier alpha value is -2.59. The standard InChI is InChI=1S/C15H15F5N6/c1-9-6-12(24-14(23-9)13(16)17)26-4-2-25(3-5-26)11-7-10(15(18,19)20)21-8-22-11/h6-8,13H,2-5H2,1H3. The third kappa shape index (κ3) is 3.97. The minimum Gasteiger partial charge on any atom is -0.353 e. The van der Waals surface area contributed by atoms with Gasteiger partial charge < -0.3 is 9.80 Å². The van der Waals surface area contributed by atoms with E-state index in [0.717, 1.165) is 12.4 Å². The number of anilines is 2. The van der Waals surface area contributed by atoms with Crippen LogP contribution in [0.2, 0.25) is 0 Å². The molecule has 0 saturated carbocycles. The summed E-state index contributed by atoms with van der Waals surface area (Å²) in [5.74, 6) is 0.0262. The Labute approximate surface area is 145 Å². The average molecular weight is 374 g/mol. The molecule has 3 rings (SSSR count). The second-order valence-electron chi connectivity index (χ2n) is 5.76. The van der Waals surface area contributed by atoms with Crippen molar-refractivity contribution in [1.29, 1.82) is 0 Å². The van der Waals surface area contributed by atoms with Crippen LogP contribution < -0.4 is 9.80 Å². The van der Waals surface area contributed by atoms with Crippen LogP contribution in [0.25, 0.3) is 0 Å². The maximum atomic E-state index is 12.9. The highest BCUT2D eigenvalue weighted by Crippen LogP contribution is 2.29. The van der Waals surface area contributed by atoms with Crippen LogP contribution in [0, 0.1) is 6.92 Å². The van der Waals surface area contributed by atoms with Crippen LogP contribution in [0.3, 0.4) is 0 Å². The predicted molar refractivity (Wildman–Crippen MR) is 83.2 cm³/mol. The molecule has 6 nitrogen and oxygen atoms in total. The molecule has 0 N–H and O–H groups in total. The number of hydrogen-bond acceptors (Lipinski definition) is 6. The summed E-state index contributed by atoms with van der Waals surface area (Å²) in [7, 11) is 0. The van der Waals surface area contributed by atoms with Crippen LogP contribution in [-0.2, 0) is 6.18 Å². The Kier molecular flexibility index (Phi) is 4.88. The molecule has 0 aliphatic carbocycles. The molecule has 0 aromatic carbocycles. The van der Waals surface area contributed by atoms with Gasteiger partial charge in [0.25, 0.3) is 6.43 Å². The molecule has 0 radical (unpaired) electrons. The van der Waals surface area contributed by atoms with Crippen molar-refractivity contribution >= 4 is 11.6 Å². The zero-order chi connectivity index (χ0) is 18.9. The number of hydrogen-bond donors (Lipinski definition) is 0. The first-order chi connectivity index (χ1) is 12.2. The van der Waals surface area contributed by atoms with Crippen LogP contribution in [0.15, 0.2) is 18.5 Å². The van der Waals surface area contributed by atoms with E-state index in [0.29, 0.717) is 37.7 Å². The predicted octanol–water partition coefficient (Wildman–Crippen LogP) is 2.86. The molecule has 26 heavy (non-hydrogen) atoms. The zero-order valence-corrected chi connectivity index (χ0v) is 13.7. The molecule has 11 heteroatoms. The summed E-state index contributed by atoms with van der Waals surface area (Å²) in [6.45, 7) is 3.17. The van der Waals surface area contributed by atoms with E-state index in [1.165, 1.54) is 0 Å². The van der Waals surface area contributed by atoms with E-state index in [2.05, 4.69) is 19.9 Å². The summed E-state index contributed by atoms with van der Waals surface area (Å²) in [5.41, 5.74) is -0.573. The van der Waals surface area contributed by atoms with E-state index in [1.807, 2.05) is 0 Å². The Morgan fingerprint density at radius 1 is 0.923 bits per heavy atom. The summed E-state index contributed by atoms with van der Waals surface area (Å²) in [6, 6.07) is 2.51. The summed E-state index contributed by atoms with van der Waals surface area (Å²) in [4.78, 5) is 18.2. The molecule has 1 aliphatic heterocycles. The molecule has 2 aromatic heterocycles. The lowest BCUT2D eigenvalue weighted by molar-refractivity contribution is -0.141. The fourth-order valence-electron chi connectivity index (χ4n) is 2.67. The van der Waals surface area contributed by atoms with Gasteiger partial charge in [0.05, 0.1) is 0 Å². The number of halogens is 5. The Balaban J connectivity index is 1.72. The first-order valence-corrected chi connectivity index (χ1v) is 7.77. The van der Waals surface area contributed by atoms with Gasteiger partial charge in [-0.25, -0.2) is 28.7 Å². The SMILES string of the molecule is Cc1cc(N2CCN(c3cc(C(F)(F)F)ncn3)CC2)nc(C(F)F)n1. The van der Waals surface area contributed by atoms with E-state index < -0.39 is 24.1 Å². The van der Waals surface area contributed by atoms with Gasteiger partial charge in [-0.15, -0.1) is 0 Å². The first-order valence-electron chi connectivity index (χ1n) is 7.77. The van der Waals surface area contributed by atoms with Crippen LogP contribution in [0.1, 0.15) is 23.6 Å². The topological polar surface area (TPSA) is 58.0 Å². The highest BCUT2D eigenvalue weighted by molar-refractivity contribution is 5.46. The van der Waals surface area contributed by atoms with Crippen LogP contribution in [0.4, 0.5) is 33.6 Å². The summed E-state index contributed by atoms with van der Waals surface area (Å²) < 4.78 is 64.0. The lowest BCUT2D eigenvalue weighted by Gasteiger charge is -2.36. The van der Waals surface area contributed by atoms with Crippen molar-refractivity contribution < 1.29 is 22.0 Å². The fourth-order valence-corrected chi connectivity index (χ4v) is 2.67. The highest BCUT2D eigenvalue weighted by Gasteiger charge is 2.33. The maximum absolute atomic E-state index is 12.9. The minimum atomic E-state index is -4.54. The average Bonchev–Trinajstić information content (AvgIpc) is 2.61. The van der Waals surface area contributed by atoms with Gasteiger partial charge in [0, 0.05) is 44.0 Å². The van der Waals surface area contributed by atoms with Gasteiger partial charge >= 0.3 is 6.18 Å². The van der Waals surface area contributed by atoms with E-state index in [1.54, 1.807) is 22.8 Å². The molecule has 0 atom stereocenters. The van der Waals surface area contributed by atoms with Gasteiger partial charge in [-0.05, 0) is 6.92 Å². The maximum Gasteiger partial charge on any atom is 0.433 e. The third-order valence-corrected chi connectivity index (χ3v) is 3.92. The van der Waals surface area contributed by atoms with Gasteiger partial charge in [0.2, 0.25) is 0 Å². The van der Waals surface area contributed by atoms with Crippen molar-refractivity contribution in [1.82, 2.24) is 19.9 Å². The molecule has 3 heterocycles. The molecule has 1 fully saturated rings. The van der Waals surface area contributed by atoms with E-state index in [4.69, 9.17) is 0 Å². The van der Waals surface area contributed by atoms with Crippen LogP contribution >= 0.6 is 0 Å². The second kappa shape index (κ2) is 6.96. The third-order valence-electron chi connectivity index (χ3n) is 3.92. The minimum absolute atomic E-state index is 0.180. The molecule has 0 spiro atoms. The van der Waals surface area contributed by atoms with Gasteiger partial charge in [-0.3, -0.25) is 0 Å². The summed E-state index contributed by atoms with van der Waals surface area (Å²) in [6.07, 6.45) is -6.42. The monoisotopic (exact) mass is 374 g/mol. The van der Waals surface area contributed by atoms with E-state index >= 15 is 0 Å².